The van der Waals surface area contributed by atoms with Crippen molar-refractivity contribution in [1.29, 1.82) is 0 Å². The molecule has 0 atom stereocenters. The fraction of sp³-hybridized carbons (Fsp3) is 0.800. The molecule has 0 aliphatic rings. The lowest BCUT2D eigenvalue weighted by molar-refractivity contribution is -0.120. The van der Waals surface area contributed by atoms with Gasteiger partial charge in [0.05, 0.1) is 0 Å². The average molecular weight is 296 g/mol. The van der Waals surface area contributed by atoms with Crippen molar-refractivity contribution in [3.8, 4) is 0 Å². The summed E-state index contributed by atoms with van der Waals surface area (Å²) in [5.41, 5.74) is 0. The van der Waals surface area contributed by atoms with Gasteiger partial charge in [-0.25, -0.2) is 0 Å². The topological polar surface area (TPSA) is 58.2 Å². The molecule has 0 fully saturated rings. The van der Waals surface area contributed by atoms with Gasteiger partial charge in [0, 0.05) is 44.6 Å². The van der Waals surface area contributed by atoms with E-state index in [4.69, 9.17) is 0 Å². The molecule has 17 heavy (non-hydrogen) atoms. The average Bonchev–Trinajstić information content (AvgIpc) is 2.33. The van der Waals surface area contributed by atoms with Crippen molar-refractivity contribution in [2.24, 2.45) is 0 Å². The Morgan fingerprint density at radius 1 is 0.882 bits per heavy atom. The summed E-state index contributed by atoms with van der Waals surface area (Å²) < 4.78 is 5.41. The minimum Gasteiger partial charge on any atom is -0.290 e. The van der Waals surface area contributed by atoms with Gasteiger partial charge in [-0.2, -0.15) is 0 Å². The van der Waals surface area contributed by atoms with Crippen LogP contribution in [0.2, 0.25) is 0 Å². The van der Waals surface area contributed by atoms with Crippen molar-refractivity contribution < 1.29 is 9.59 Å². The normalized spacial score (nSPS) is 10.0. The summed E-state index contributed by atoms with van der Waals surface area (Å²) in [5.74, 6) is 0.0875. The molecule has 0 rings (SSSR count). The summed E-state index contributed by atoms with van der Waals surface area (Å²) in [7, 11) is 3.83. The molecule has 0 saturated carbocycles. The summed E-state index contributed by atoms with van der Waals surface area (Å²) in [5, 5.41) is 0. The SMILES string of the molecule is CCCCC(=O)NSSSNC(=O)CCCC. The minimum atomic E-state index is 0.0438. The molecule has 0 unspecified atom stereocenters. The third-order valence-corrected chi connectivity index (χ3v) is 4.78. The van der Waals surface area contributed by atoms with Crippen molar-refractivity contribution in [2.75, 3.05) is 0 Å². The third kappa shape index (κ3) is 12.2. The standard InChI is InChI=1S/C10H20N2O2S3/c1-3-5-7-9(13)11-15-17-16-12-10(14)8-6-4-2/h3-8H2,1-2H3,(H,11,13)(H,12,14). The minimum absolute atomic E-state index is 0.0438. The number of amides is 2. The van der Waals surface area contributed by atoms with E-state index in [2.05, 4.69) is 23.3 Å². The van der Waals surface area contributed by atoms with Crippen molar-refractivity contribution in [3.05, 3.63) is 0 Å². The van der Waals surface area contributed by atoms with Crippen LogP contribution in [0.5, 0.6) is 0 Å². The second kappa shape index (κ2) is 12.4. The lowest BCUT2D eigenvalue weighted by atomic mass is 10.2. The second-order valence-electron chi connectivity index (χ2n) is 3.49. The summed E-state index contributed by atoms with van der Waals surface area (Å²) >= 11 is 0. The van der Waals surface area contributed by atoms with Crippen LogP contribution in [0.25, 0.3) is 0 Å². The lowest BCUT2D eigenvalue weighted by Crippen LogP contribution is -2.15. The molecular formula is C10H20N2O2S3. The number of carbonyl (C=O) groups is 2. The van der Waals surface area contributed by atoms with Crippen LogP contribution in [0.4, 0.5) is 0 Å². The largest absolute Gasteiger partial charge is 0.290 e. The first-order valence-corrected chi connectivity index (χ1v) is 9.25. The van der Waals surface area contributed by atoms with Gasteiger partial charge in [0.25, 0.3) is 0 Å². The van der Waals surface area contributed by atoms with Gasteiger partial charge in [0.15, 0.2) is 0 Å². The maximum Gasteiger partial charge on any atom is 0.230 e. The molecular weight excluding hydrogens is 276 g/mol. The van der Waals surface area contributed by atoms with Gasteiger partial charge in [-0.05, 0) is 12.8 Å². The highest BCUT2D eigenvalue weighted by atomic mass is 33.5. The van der Waals surface area contributed by atoms with Gasteiger partial charge in [-0.15, -0.1) is 0 Å². The van der Waals surface area contributed by atoms with Crippen LogP contribution in [0, 0.1) is 0 Å². The molecule has 0 aromatic heterocycles. The Hall–Kier alpha value is -0.0100. The number of hydrogen-bond donors (Lipinski definition) is 2. The first-order chi connectivity index (χ1) is 8.20. The summed E-state index contributed by atoms with van der Waals surface area (Å²) in [6.45, 7) is 4.10. The smallest absolute Gasteiger partial charge is 0.230 e. The predicted octanol–water partition coefficient (Wildman–Crippen LogP) is 3.46. The Balaban J connectivity index is 3.28. The highest BCUT2D eigenvalue weighted by Crippen LogP contribution is 2.29. The molecule has 0 bridgehead atoms. The molecule has 7 heteroatoms. The van der Waals surface area contributed by atoms with Gasteiger partial charge in [-0.3, -0.25) is 19.0 Å². The molecule has 0 saturated heterocycles. The molecule has 0 aliphatic carbocycles. The van der Waals surface area contributed by atoms with E-state index in [0.717, 1.165) is 25.7 Å². The Kier molecular flexibility index (Phi) is 12.4. The quantitative estimate of drug-likeness (QED) is 0.367. The van der Waals surface area contributed by atoms with E-state index in [1.165, 1.54) is 31.8 Å². The molecule has 0 spiro atoms. The van der Waals surface area contributed by atoms with Gasteiger partial charge in [-0.1, -0.05) is 26.7 Å². The Morgan fingerprint density at radius 2 is 1.29 bits per heavy atom. The zero-order valence-electron chi connectivity index (χ0n) is 10.3. The molecule has 0 aliphatic heterocycles. The Morgan fingerprint density at radius 3 is 1.65 bits per heavy atom. The summed E-state index contributed by atoms with van der Waals surface area (Å²) in [4.78, 5) is 22.4. The van der Waals surface area contributed by atoms with Crippen molar-refractivity contribution >= 4 is 43.6 Å². The van der Waals surface area contributed by atoms with E-state index in [-0.39, 0.29) is 11.8 Å². The maximum absolute atomic E-state index is 11.2. The molecule has 0 aromatic rings. The second-order valence-corrected chi connectivity index (χ2v) is 7.00. The zero-order chi connectivity index (χ0) is 12.9. The van der Waals surface area contributed by atoms with E-state index in [9.17, 15) is 9.59 Å². The van der Waals surface area contributed by atoms with Gasteiger partial charge in [0.1, 0.15) is 0 Å². The van der Waals surface area contributed by atoms with Gasteiger partial charge >= 0.3 is 0 Å². The fourth-order valence-corrected chi connectivity index (χ4v) is 3.20. The fourth-order valence-electron chi connectivity index (χ4n) is 0.921. The van der Waals surface area contributed by atoms with E-state index in [1.54, 1.807) is 0 Å². The maximum atomic E-state index is 11.2. The van der Waals surface area contributed by atoms with Gasteiger partial charge in [0.2, 0.25) is 11.8 Å². The van der Waals surface area contributed by atoms with Crippen molar-refractivity contribution in [2.45, 2.75) is 52.4 Å². The lowest BCUT2D eigenvalue weighted by Gasteiger charge is -2.03. The van der Waals surface area contributed by atoms with Crippen molar-refractivity contribution in [1.82, 2.24) is 9.44 Å². The monoisotopic (exact) mass is 296 g/mol. The highest BCUT2D eigenvalue weighted by molar-refractivity contribution is 9.08. The van der Waals surface area contributed by atoms with E-state index < -0.39 is 0 Å². The van der Waals surface area contributed by atoms with Crippen LogP contribution in [0.15, 0.2) is 0 Å². The molecule has 0 radical (unpaired) electrons. The number of rotatable bonds is 10. The molecule has 4 nitrogen and oxygen atoms in total. The molecule has 100 valence electrons. The number of hydrogen-bond acceptors (Lipinski definition) is 5. The number of nitrogens with one attached hydrogen (secondary N) is 2. The molecule has 2 N–H and O–H groups in total. The zero-order valence-corrected chi connectivity index (χ0v) is 12.7. The van der Waals surface area contributed by atoms with E-state index in [0.29, 0.717) is 12.8 Å². The van der Waals surface area contributed by atoms with Gasteiger partial charge < -0.3 is 0 Å². The Bertz CT molecular complexity index is 206. The molecule has 2 amide bonds. The van der Waals surface area contributed by atoms with Crippen LogP contribution in [0.1, 0.15) is 52.4 Å². The number of carbonyl (C=O) groups excluding carboxylic acids is 2. The van der Waals surface area contributed by atoms with Crippen LogP contribution in [-0.4, -0.2) is 11.8 Å². The summed E-state index contributed by atoms with van der Waals surface area (Å²) in [6, 6.07) is 0. The molecule has 0 aromatic carbocycles. The van der Waals surface area contributed by atoms with Crippen LogP contribution in [0.3, 0.4) is 0 Å². The Labute approximate surface area is 115 Å². The summed E-state index contributed by atoms with van der Waals surface area (Å²) in [6.07, 6.45) is 5.01. The van der Waals surface area contributed by atoms with E-state index >= 15 is 0 Å². The van der Waals surface area contributed by atoms with Crippen LogP contribution < -0.4 is 9.44 Å². The first-order valence-electron chi connectivity index (χ1n) is 5.77. The van der Waals surface area contributed by atoms with E-state index in [1.807, 2.05) is 0 Å². The molecule has 0 heterocycles. The predicted molar refractivity (Wildman–Crippen MR) is 78.1 cm³/mol. The van der Waals surface area contributed by atoms with Crippen LogP contribution in [-0.2, 0) is 9.59 Å². The third-order valence-electron chi connectivity index (χ3n) is 1.89. The first kappa shape index (κ1) is 17.0. The van der Waals surface area contributed by atoms with Crippen molar-refractivity contribution in [3.63, 3.8) is 0 Å². The van der Waals surface area contributed by atoms with Crippen LogP contribution >= 0.6 is 31.8 Å². The number of unbranched alkanes of at least 4 members (excludes halogenated alkanes) is 2. The highest BCUT2D eigenvalue weighted by Gasteiger charge is 2.02.